The van der Waals surface area contributed by atoms with Crippen LogP contribution in [0.5, 0.6) is 0 Å². The van der Waals surface area contributed by atoms with Gasteiger partial charge in [-0.15, -0.1) is 0 Å². The van der Waals surface area contributed by atoms with Crippen molar-refractivity contribution in [1.82, 2.24) is 20.3 Å². The first-order chi connectivity index (χ1) is 14.3. The Morgan fingerprint density at radius 1 is 1.10 bits per heavy atom. The number of nitrogens with one attached hydrogen (secondary N) is 1. The van der Waals surface area contributed by atoms with Crippen molar-refractivity contribution in [3.63, 3.8) is 0 Å². The fraction of sp³-hybridized carbons (Fsp3) is 0.524. The molecule has 0 bridgehead atoms. The molecule has 4 rings (SSSR count). The van der Waals surface area contributed by atoms with Crippen molar-refractivity contribution in [3.8, 4) is 0 Å². The van der Waals surface area contributed by atoms with Crippen LogP contribution in [-0.2, 0) is 22.4 Å². The molecule has 154 valence electrons. The standard InChI is InChI=1S/C21H28N6O2/c28-20(14-17-4-3-6-22-16-17)23-7-5-18-15-19(26-10-12-29-13-11-26)25-21(24-18)27-8-1-2-9-27/h3-4,6,15-16H,1-2,5,7-14H2,(H,23,28). The quantitative estimate of drug-likeness (QED) is 0.753. The van der Waals surface area contributed by atoms with Crippen LogP contribution in [0.25, 0.3) is 0 Å². The molecule has 0 aliphatic carbocycles. The summed E-state index contributed by atoms with van der Waals surface area (Å²) in [4.78, 5) is 30.4. The Hall–Kier alpha value is -2.74. The number of morpholine rings is 1. The number of hydrogen-bond donors (Lipinski definition) is 1. The summed E-state index contributed by atoms with van der Waals surface area (Å²) in [5, 5.41) is 2.99. The van der Waals surface area contributed by atoms with Crippen LogP contribution >= 0.6 is 0 Å². The fourth-order valence-electron chi connectivity index (χ4n) is 3.69. The molecule has 29 heavy (non-hydrogen) atoms. The van der Waals surface area contributed by atoms with Crippen molar-refractivity contribution in [2.75, 3.05) is 55.7 Å². The van der Waals surface area contributed by atoms with Crippen molar-refractivity contribution in [1.29, 1.82) is 0 Å². The first kappa shape index (κ1) is 19.6. The van der Waals surface area contributed by atoms with E-state index in [0.29, 0.717) is 19.4 Å². The molecular formula is C21H28N6O2. The third-order valence-corrected chi connectivity index (χ3v) is 5.27. The molecule has 4 heterocycles. The van der Waals surface area contributed by atoms with Crippen LogP contribution in [0, 0.1) is 0 Å². The highest BCUT2D eigenvalue weighted by atomic mass is 16.5. The van der Waals surface area contributed by atoms with E-state index in [2.05, 4.69) is 26.2 Å². The molecule has 8 nitrogen and oxygen atoms in total. The Bertz CT molecular complexity index is 804. The highest BCUT2D eigenvalue weighted by molar-refractivity contribution is 5.78. The number of ether oxygens (including phenoxy) is 1. The Morgan fingerprint density at radius 3 is 2.69 bits per heavy atom. The first-order valence-corrected chi connectivity index (χ1v) is 10.4. The molecule has 8 heteroatoms. The lowest BCUT2D eigenvalue weighted by Crippen LogP contribution is -2.37. The van der Waals surface area contributed by atoms with Gasteiger partial charge < -0.3 is 19.9 Å². The van der Waals surface area contributed by atoms with Crippen LogP contribution < -0.4 is 15.1 Å². The molecule has 2 aromatic rings. The monoisotopic (exact) mass is 396 g/mol. The lowest BCUT2D eigenvalue weighted by Gasteiger charge is -2.29. The van der Waals surface area contributed by atoms with Gasteiger partial charge in [-0.05, 0) is 24.5 Å². The molecule has 2 aromatic heterocycles. The normalized spacial score (nSPS) is 16.8. The molecule has 0 atom stereocenters. The lowest BCUT2D eigenvalue weighted by atomic mass is 10.2. The van der Waals surface area contributed by atoms with Crippen LogP contribution in [0.2, 0.25) is 0 Å². The smallest absolute Gasteiger partial charge is 0.227 e. The second kappa shape index (κ2) is 9.65. The first-order valence-electron chi connectivity index (χ1n) is 10.4. The zero-order valence-electron chi connectivity index (χ0n) is 16.7. The summed E-state index contributed by atoms with van der Waals surface area (Å²) in [6.45, 7) is 5.71. The summed E-state index contributed by atoms with van der Waals surface area (Å²) in [5.74, 6) is 1.77. The van der Waals surface area contributed by atoms with Crippen LogP contribution in [0.4, 0.5) is 11.8 Å². The summed E-state index contributed by atoms with van der Waals surface area (Å²) in [7, 11) is 0. The highest BCUT2D eigenvalue weighted by Crippen LogP contribution is 2.22. The molecule has 0 radical (unpaired) electrons. The molecule has 0 saturated carbocycles. The van der Waals surface area contributed by atoms with Gasteiger partial charge in [0.15, 0.2) is 0 Å². The van der Waals surface area contributed by atoms with E-state index < -0.39 is 0 Å². The summed E-state index contributed by atoms with van der Waals surface area (Å²) in [6.07, 6.45) is 6.83. The topological polar surface area (TPSA) is 83.5 Å². The molecule has 1 amide bonds. The SMILES string of the molecule is O=C(Cc1cccnc1)NCCc1cc(N2CCOCC2)nc(N2CCCC2)n1. The van der Waals surface area contributed by atoms with E-state index in [9.17, 15) is 4.79 Å². The van der Waals surface area contributed by atoms with Crippen LogP contribution in [0.3, 0.4) is 0 Å². The Labute approximate surface area is 171 Å². The van der Waals surface area contributed by atoms with Gasteiger partial charge in [-0.2, -0.15) is 4.98 Å². The zero-order chi connectivity index (χ0) is 19.9. The third kappa shape index (κ3) is 5.41. The number of rotatable bonds is 7. The van der Waals surface area contributed by atoms with E-state index in [4.69, 9.17) is 14.7 Å². The van der Waals surface area contributed by atoms with Crippen LogP contribution in [0.15, 0.2) is 30.6 Å². The van der Waals surface area contributed by atoms with E-state index in [-0.39, 0.29) is 5.91 Å². The van der Waals surface area contributed by atoms with Gasteiger partial charge in [-0.25, -0.2) is 4.98 Å². The number of anilines is 2. The van der Waals surface area contributed by atoms with Gasteiger partial charge in [0.1, 0.15) is 5.82 Å². The number of carbonyl (C=O) groups excluding carboxylic acids is 1. The van der Waals surface area contributed by atoms with Crippen molar-refractivity contribution >= 4 is 17.7 Å². The summed E-state index contributed by atoms with van der Waals surface area (Å²) in [5.41, 5.74) is 1.88. The minimum atomic E-state index is 0.000209. The largest absolute Gasteiger partial charge is 0.378 e. The molecule has 2 saturated heterocycles. The Kier molecular flexibility index (Phi) is 6.51. The van der Waals surface area contributed by atoms with E-state index in [0.717, 1.165) is 62.4 Å². The van der Waals surface area contributed by atoms with Gasteiger partial charge in [0.25, 0.3) is 0 Å². The minimum Gasteiger partial charge on any atom is -0.378 e. The average Bonchev–Trinajstić information content (AvgIpc) is 3.30. The number of pyridine rings is 1. The van der Waals surface area contributed by atoms with E-state index in [1.54, 1.807) is 12.4 Å². The molecular weight excluding hydrogens is 368 g/mol. The van der Waals surface area contributed by atoms with Gasteiger partial charge in [0, 0.05) is 63.3 Å². The summed E-state index contributed by atoms with van der Waals surface area (Å²) < 4.78 is 5.47. The van der Waals surface area contributed by atoms with Gasteiger partial charge in [-0.1, -0.05) is 6.07 Å². The zero-order valence-corrected chi connectivity index (χ0v) is 16.7. The number of amides is 1. The van der Waals surface area contributed by atoms with Crippen molar-refractivity contribution in [2.45, 2.75) is 25.7 Å². The highest BCUT2D eigenvalue weighted by Gasteiger charge is 2.20. The predicted octanol–water partition coefficient (Wildman–Crippen LogP) is 1.21. The van der Waals surface area contributed by atoms with E-state index in [1.807, 2.05) is 12.1 Å². The Balaban J connectivity index is 1.40. The number of nitrogens with zero attached hydrogens (tertiary/aromatic N) is 5. The van der Waals surface area contributed by atoms with Crippen molar-refractivity contribution in [2.24, 2.45) is 0 Å². The predicted molar refractivity (Wildman–Crippen MR) is 111 cm³/mol. The Morgan fingerprint density at radius 2 is 1.93 bits per heavy atom. The third-order valence-electron chi connectivity index (χ3n) is 5.27. The molecule has 0 unspecified atom stereocenters. The number of hydrogen-bond acceptors (Lipinski definition) is 7. The van der Waals surface area contributed by atoms with E-state index in [1.165, 1.54) is 12.8 Å². The van der Waals surface area contributed by atoms with Crippen molar-refractivity contribution in [3.05, 3.63) is 41.9 Å². The molecule has 2 aliphatic heterocycles. The van der Waals surface area contributed by atoms with Gasteiger partial charge in [0.2, 0.25) is 11.9 Å². The molecule has 0 spiro atoms. The molecule has 2 fully saturated rings. The maximum atomic E-state index is 12.2. The number of carbonyl (C=O) groups is 1. The molecule has 2 aliphatic rings. The van der Waals surface area contributed by atoms with E-state index >= 15 is 0 Å². The summed E-state index contributed by atoms with van der Waals surface area (Å²) in [6, 6.07) is 5.81. The van der Waals surface area contributed by atoms with Gasteiger partial charge in [0.05, 0.1) is 19.6 Å². The maximum Gasteiger partial charge on any atom is 0.227 e. The maximum absolute atomic E-state index is 12.2. The lowest BCUT2D eigenvalue weighted by molar-refractivity contribution is -0.120. The van der Waals surface area contributed by atoms with Crippen LogP contribution in [-0.4, -0.2) is 66.8 Å². The second-order valence-electron chi connectivity index (χ2n) is 7.45. The van der Waals surface area contributed by atoms with Crippen LogP contribution in [0.1, 0.15) is 24.1 Å². The number of aromatic nitrogens is 3. The van der Waals surface area contributed by atoms with Gasteiger partial charge >= 0.3 is 0 Å². The second-order valence-corrected chi connectivity index (χ2v) is 7.45. The molecule has 0 aromatic carbocycles. The fourth-order valence-corrected chi connectivity index (χ4v) is 3.69. The van der Waals surface area contributed by atoms with Gasteiger partial charge in [-0.3, -0.25) is 9.78 Å². The molecule has 1 N–H and O–H groups in total. The van der Waals surface area contributed by atoms with Crippen molar-refractivity contribution < 1.29 is 9.53 Å². The average molecular weight is 396 g/mol. The minimum absolute atomic E-state index is 0.000209. The summed E-state index contributed by atoms with van der Waals surface area (Å²) >= 11 is 0.